The highest BCUT2D eigenvalue weighted by Crippen LogP contribution is 2.35. The Morgan fingerprint density at radius 2 is 1.55 bits per heavy atom. The third-order valence-corrected chi connectivity index (χ3v) is 4.57. The maximum absolute atomic E-state index is 4.70. The van der Waals surface area contributed by atoms with Crippen molar-refractivity contribution in [2.75, 3.05) is 0 Å². The molecular weight excluding hydrogens is 286 g/mol. The zero-order valence-corrected chi connectivity index (χ0v) is 13.5. The molecule has 0 radical (unpaired) electrons. The summed E-state index contributed by atoms with van der Waals surface area (Å²) in [5.74, 6) is 0. The van der Waals surface area contributed by atoms with Gasteiger partial charge in [0.05, 0.1) is 0 Å². The highest BCUT2D eigenvalue weighted by molar-refractivity contribution is 7.80. The second kappa shape index (κ2) is 4.92. The second-order valence-corrected chi connectivity index (χ2v) is 6.44. The van der Waals surface area contributed by atoms with Crippen LogP contribution in [0.15, 0.2) is 59.5 Å². The van der Waals surface area contributed by atoms with Crippen LogP contribution in [-0.2, 0) is 0 Å². The first-order valence-electron chi connectivity index (χ1n) is 7.44. The Labute approximate surface area is 135 Å². The zero-order valence-electron chi connectivity index (χ0n) is 12.6. The highest BCUT2D eigenvalue weighted by atomic mass is 32.1. The number of aryl methyl sites for hydroxylation is 2. The molecule has 0 unspecified atom stereocenters. The number of nitrogens with one attached hydrogen (secondary N) is 1. The van der Waals surface area contributed by atoms with E-state index in [2.05, 4.69) is 73.4 Å². The first kappa shape index (κ1) is 13.5. The average Bonchev–Trinajstić information content (AvgIpc) is 2.83. The average molecular weight is 303 g/mol. The van der Waals surface area contributed by atoms with Gasteiger partial charge in [-0.05, 0) is 49.2 Å². The molecule has 2 heteroatoms. The monoisotopic (exact) mass is 303 g/mol. The summed E-state index contributed by atoms with van der Waals surface area (Å²) in [4.78, 5) is 4.49. The summed E-state index contributed by atoms with van der Waals surface area (Å²) in [6, 6.07) is 19.5. The first-order chi connectivity index (χ1) is 10.6. The smallest absolute Gasteiger partial charge is 0.0476 e. The van der Waals surface area contributed by atoms with Gasteiger partial charge in [0.15, 0.2) is 0 Å². The fourth-order valence-corrected chi connectivity index (χ4v) is 3.42. The van der Waals surface area contributed by atoms with Gasteiger partial charge < -0.3 is 4.98 Å². The molecule has 1 nitrogen and oxygen atoms in total. The maximum atomic E-state index is 4.70. The summed E-state index contributed by atoms with van der Waals surface area (Å²) in [6.45, 7) is 4.25. The number of fused-ring (bicyclic) bond motifs is 3. The van der Waals surface area contributed by atoms with Crippen molar-refractivity contribution in [2.45, 2.75) is 18.7 Å². The lowest BCUT2D eigenvalue weighted by Crippen LogP contribution is -1.82. The molecule has 0 aliphatic heterocycles. The van der Waals surface area contributed by atoms with Crippen molar-refractivity contribution >= 4 is 34.4 Å². The minimum Gasteiger partial charge on any atom is -0.354 e. The number of hydrogen-bond donors (Lipinski definition) is 2. The first-order valence-corrected chi connectivity index (χ1v) is 7.88. The van der Waals surface area contributed by atoms with Gasteiger partial charge in [-0.3, -0.25) is 0 Å². The molecule has 4 aromatic rings. The van der Waals surface area contributed by atoms with Gasteiger partial charge >= 0.3 is 0 Å². The number of rotatable bonds is 1. The predicted octanol–water partition coefficient (Wildman–Crippen LogP) is 5.89. The van der Waals surface area contributed by atoms with Crippen LogP contribution in [-0.4, -0.2) is 4.98 Å². The van der Waals surface area contributed by atoms with E-state index in [1.54, 1.807) is 0 Å². The Balaban J connectivity index is 2.05. The lowest BCUT2D eigenvalue weighted by Gasteiger charge is -2.07. The molecule has 3 aromatic carbocycles. The fraction of sp³-hybridized carbons (Fsp3) is 0.100. The van der Waals surface area contributed by atoms with E-state index in [0.717, 1.165) is 10.4 Å². The van der Waals surface area contributed by atoms with E-state index >= 15 is 0 Å². The van der Waals surface area contributed by atoms with Gasteiger partial charge in [-0.15, -0.1) is 12.6 Å². The highest BCUT2D eigenvalue weighted by Gasteiger charge is 2.10. The van der Waals surface area contributed by atoms with Crippen LogP contribution in [0, 0.1) is 13.8 Å². The van der Waals surface area contributed by atoms with Crippen molar-refractivity contribution in [2.24, 2.45) is 0 Å². The van der Waals surface area contributed by atoms with Crippen LogP contribution in [0.2, 0.25) is 0 Å². The van der Waals surface area contributed by atoms with Gasteiger partial charge in [0.25, 0.3) is 0 Å². The van der Waals surface area contributed by atoms with Crippen LogP contribution in [0.5, 0.6) is 0 Å². The Hall–Kier alpha value is -2.19. The molecule has 1 aromatic heterocycles. The number of thiol groups is 1. The molecule has 0 saturated heterocycles. The molecule has 0 atom stereocenters. The van der Waals surface area contributed by atoms with E-state index in [-0.39, 0.29) is 0 Å². The Kier molecular flexibility index (Phi) is 3.02. The zero-order chi connectivity index (χ0) is 15.3. The SMILES string of the molecule is Cc1cccc(-c2cc3c(cc2S)[nH]c2ccc(C)cc23)c1. The molecule has 0 amide bonds. The molecular formula is C20H17NS. The van der Waals surface area contributed by atoms with Gasteiger partial charge in [0.2, 0.25) is 0 Å². The van der Waals surface area contributed by atoms with Crippen molar-refractivity contribution < 1.29 is 0 Å². The number of H-pyrrole nitrogens is 1. The fourth-order valence-electron chi connectivity index (χ4n) is 3.09. The molecule has 0 spiro atoms. The molecule has 1 N–H and O–H groups in total. The molecule has 0 bridgehead atoms. The van der Waals surface area contributed by atoms with Crippen LogP contribution in [0.3, 0.4) is 0 Å². The number of benzene rings is 3. The minimum atomic E-state index is 1.00. The third kappa shape index (κ3) is 2.11. The lowest BCUT2D eigenvalue weighted by atomic mass is 10.0. The van der Waals surface area contributed by atoms with Crippen molar-refractivity contribution in [3.63, 3.8) is 0 Å². The van der Waals surface area contributed by atoms with Crippen LogP contribution in [0.1, 0.15) is 11.1 Å². The van der Waals surface area contributed by atoms with E-state index in [0.29, 0.717) is 0 Å². The Bertz CT molecular complexity index is 1010. The second-order valence-electron chi connectivity index (χ2n) is 5.96. The largest absolute Gasteiger partial charge is 0.354 e. The number of aromatic nitrogens is 1. The summed E-state index contributed by atoms with van der Waals surface area (Å²) >= 11 is 4.70. The van der Waals surface area contributed by atoms with E-state index in [4.69, 9.17) is 12.6 Å². The van der Waals surface area contributed by atoms with Crippen LogP contribution in [0.4, 0.5) is 0 Å². The van der Waals surface area contributed by atoms with Gasteiger partial charge in [0.1, 0.15) is 0 Å². The third-order valence-electron chi connectivity index (χ3n) is 4.20. The molecule has 0 aliphatic rings. The predicted molar refractivity (Wildman–Crippen MR) is 98.0 cm³/mol. The van der Waals surface area contributed by atoms with Gasteiger partial charge in [-0.25, -0.2) is 0 Å². The van der Waals surface area contributed by atoms with Gasteiger partial charge in [0, 0.05) is 26.7 Å². The Morgan fingerprint density at radius 3 is 2.36 bits per heavy atom. The molecule has 1 heterocycles. The van der Waals surface area contributed by atoms with Crippen molar-refractivity contribution in [1.29, 1.82) is 0 Å². The van der Waals surface area contributed by atoms with Crippen LogP contribution >= 0.6 is 12.6 Å². The summed E-state index contributed by atoms with van der Waals surface area (Å²) in [7, 11) is 0. The summed E-state index contributed by atoms with van der Waals surface area (Å²) < 4.78 is 0. The molecule has 22 heavy (non-hydrogen) atoms. The minimum absolute atomic E-state index is 1.00. The standard InChI is InChI=1S/C20H17NS/c1-12-4-3-5-14(8-12)15-10-17-16-9-13(2)6-7-18(16)21-19(17)11-20(15)22/h3-11,21-22H,1-2H3. The van der Waals surface area contributed by atoms with Crippen LogP contribution < -0.4 is 0 Å². The molecule has 4 rings (SSSR count). The van der Waals surface area contributed by atoms with E-state index < -0.39 is 0 Å². The van der Waals surface area contributed by atoms with E-state index in [1.807, 2.05) is 0 Å². The Morgan fingerprint density at radius 1 is 0.773 bits per heavy atom. The quantitative estimate of drug-likeness (QED) is 0.408. The van der Waals surface area contributed by atoms with Crippen LogP contribution in [0.25, 0.3) is 32.9 Å². The summed E-state index contributed by atoms with van der Waals surface area (Å²) in [5, 5.41) is 2.53. The maximum Gasteiger partial charge on any atom is 0.0476 e. The molecule has 0 fully saturated rings. The molecule has 0 saturated carbocycles. The number of aromatic amines is 1. The summed E-state index contributed by atoms with van der Waals surface area (Å²) in [5.41, 5.74) is 7.26. The normalized spacial score (nSPS) is 11.4. The molecule has 108 valence electrons. The molecule has 0 aliphatic carbocycles. The lowest BCUT2D eigenvalue weighted by molar-refractivity contribution is 1.42. The van der Waals surface area contributed by atoms with Gasteiger partial charge in [-0.1, -0.05) is 41.5 Å². The topological polar surface area (TPSA) is 15.8 Å². The van der Waals surface area contributed by atoms with Crippen molar-refractivity contribution in [3.05, 3.63) is 65.7 Å². The van der Waals surface area contributed by atoms with E-state index in [9.17, 15) is 0 Å². The summed E-state index contributed by atoms with van der Waals surface area (Å²) in [6.07, 6.45) is 0. The number of hydrogen-bond acceptors (Lipinski definition) is 1. The van der Waals surface area contributed by atoms with Crippen molar-refractivity contribution in [1.82, 2.24) is 4.98 Å². The van der Waals surface area contributed by atoms with Gasteiger partial charge in [-0.2, -0.15) is 0 Å². The van der Waals surface area contributed by atoms with Crippen molar-refractivity contribution in [3.8, 4) is 11.1 Å². The van der Waals surface area contributed by atoms with E-state index in [1.165, 1.54) is 38.5 Å².